The average Bonchev–Trinajstić information content (AvgIpc) is 3.37. The van der Waals surface area contributed by atoms with Gasteiger partial charge in [0.1, 0.15) is 17.7 Å². The van der Waals surface area contributed by atoms with Gasteiger partial charge in [-0.05, 0) is 66.4 Å². The Labute approximate surface area is 197 Å². The Balaban J connectivity index is 2.43. The molecule has 1 aromatic carbocycles. The third kappa shape index (κ3) is 7.74. The molecule has 184 valence electrons. The first-order valence-corrected chi connectivity index (χ1v) is 11.4. The lowest BCUT2D eigenvalue weighted by atomic mass is 9.99. The summed E-state index contributed by atoms with van der Waals surface area (Å²) >= 11 is 0. The molecule has 8 nitrogen and oxygen atoms in total. The molecular formula is C25H39N3O5. The maximum Gasteiger partial charge on any atom is 0.408 e. The second kappa shape index (κ2) is 10.1. The fourth-order valence-electron chi connectivity index (χ4n) is 3.61. The van der Waals surface area contributed by atoms with E-state index in [1.165, 1.54) is 4.90 Å². The van der Waals surface area contributed by atoms with E-state index >= 15 is 0 Å². The van der Waals surface area contributed by atoms with Gasteiger partial charge in [0.15, 0.2) is 0 Å². The molecule has 1 aliphatic rings. The summed E-state index contributed by atoms with van der Waals surface area (Å²) in [6, 6.07) is 5.16. The molecule has 3 amide bonds. The molecular weight excluding hydrogens is 422 g/mol. The molecule has 0 aliphatic heterocycles. The number of nitrogens with one attached hydrogen (secondary N) is 2. The summed E-state index contributed by atoms with van der Waals surface area (Å²) < 4.78 is 5.26. The molecule has 1 aliphatic carbocycles. The minimum absolute atomic E-state index is 0.177. The summed E-state index contributed by atoms with van der Waals surface area (Å²) in [7, 11) is 0. The van der Waals surface area contributed by atoms with Crippen LogP contribution < -0.4 is 10.6 Å². The molecule has 1 fully saturated rings. The van der Waals surface area contributed by atoms with Crippen molar-refractivity contribution in [3.8, 4) is 0 Å². The van der Waals surface area contributed by atoms with Crippen molar-refractivity contribution in [2.24, 2.45) is 5.92 Å². The van der Waals surface area contributed by atoms with Crippen molar-refractivity contribution < 1.29 is 24.2 Å². The fourth-order valence-corrected chi connectivity index (χ4v) is 3.61. The number of alkyl carbamates (subject to hydrolysis) is 1. The van der Waals surface area contributed by atoms with Crippen molar-refractivity contribution in [2.45, 2.75) is 91.1 Å². The molecule has 1 saturated carbocycles. The standard InChI is InChI=1S/C25H39N3O5/c1-15-9-11-17(12-10-15)20(21(30)27-24(3,4)5)28(19-13-16(19)2)22(31)18(14-29)26-23(32)33-25(6,7)8/h9-12,16,18-20,29H,13-14H2,1-8H3,(H,26,32)(H,27,30). The molecule has 3 N–H and O–H groups in total. The Morgan fingerprint density at radius 1 is 1.12 bits per heavy atom. The van der Waals surface area contributed by atoms with E-state index in [2.05, 4.69) is 10.6 Å². The van der Waals surface area contributed by atoms with Gasteiger partial charge in [-0.2, -0.15) is 0 Å². The van der Waals surface area contributed by atoms with Gasteiger partial charge in [0, 0.05) is 11.6 Å². The van der Waals surface area contributed by atoms with Gasteiger partial charge in [0.2, 0.25) is 11.8 Å². The first-order valence-electron chi connectivity index (χ1n) is 11.4. The van der Waals surface area contributed by atoms with Crippen LogP contribution in [0.3, 0.4) is 0 Å². The van der Waals surface area contributed by atoms with Crippen LogP contribution in [0.4, 0.5) is 4.79 Å². The number of carbonyl (C=O) groups is 3. The fraction of sp³-hybridized carbons (Fsp3) is 0.640. The first-order chi connectivity index (χ1) is 15.1. The van der Waals surface area contributed by atoms with E-state index in [9.17, 15) is 19.5 Å². The number of aliphatic hydroxyl groups is 1. The average molecular weight is 462 g/mol. The summed E-state index contributed by atoms with van der Waals surface area (Å²) in [5.41, 5.74) is 0.444. The SMILES string of the molecule is Cc1ccc(C(C(=O)NC(C)(C)C)N(C(=O)C(CO)NC(=O)OC(C)(C)C)C2CC2C)cc1. The van der Waals surface area contributed by atoms with Crippen molar-refractivity contribution in [3.05, 3.63) is 35.4 Å². The topological polar surface area (TPSA) is 108 Å². The number of ether oxygens (including phenoxy) is 1. The van der Waals surface area contributed by atoms with Gasteiger partial charge >= 0.3 is 6.09 Å². The highest BCUT2D eigenvalue weighted by Crippen LogP contribution is 2.40. The van der Waals surface area contributed by atoms with E-state index in [-0.39, 0.29) is 17.9 Å². The number of rotatable bonds is 7. The minimum atomic E-state index is -1.23. The predicted molar refractivity (Wildman–Crippen MR) is 126 cm³/mol. The molecule has 2 rings (SSSR count). The molecule has 4 atom stereocenters. The van der Waals surface area contributed by atoms with Crippen molar-refractivity contribution in [3.63, 3.8) is 0 Å². The summed E-state index contributed by atoms with van der Waals surface area (Å²) in [5, 5.41) is 15.4. The predicted octanol–water partition coefficient (Wildman–Crippen LogP) is 3.07. The molecule has 8 heteroatoms. The Morgan fingerprint density at radius 3 is 2.09 bits per heavy atom. The smallest absolute Gasteiger partial charge is 0.408 e. The highest BCUT2D eigenvalue weighted by atomic mass is 16.6. The zero-order valence-corrected chi connectivity index (χ0v) is 21.1. The quantitative estimate of drug-likeness (QED) is 0.578. The van der Waals surface area contributed by atoms with E-state index in [4.69, 9.17) is 4.74 Å². The highest BCUT2D eigenvalue weighted by Gasteiger charge is 2.48. The van der Waals surface area contributed by atoms with Gasteiger partial charge in [0.05, 0.1) is 6.61 Å². The van der Waals surface area contributed by atoms with E-state index in [0.29, 0.717) is 5.56 Å². The normalized spacial score (nSPS) is 19.8. The number of benzene rings is 1. The first kappa shape index (κ1) is 26.6. The van der Waals surface area contributed by atoms with Gasteiger partial charge < -0.3 is 25.4 Å². The highest BCUT2D eigenvalue weighted by molar-refractivity contribution is 5.93. The number of aliphatic hydroxyl groups excluding tert-OH is 1. The van der Waals surface area contributed by atoms with Gasteiger partial charge in [-0.25, -0.2) is 4.79 Å². The van der Waals surface area contributed by atoms with E-state index < -0.39 is 41.8 Å². The number of hydrogen-bond acceptors (Lipinski definition) is 5. The van der Waals surface area contributed by atoms with Crippen LogP contribution in [0, 0.1) is 12.8 Å². The maximum absolute atomic E-state index is 13.7. The summed E-state index contributed by atoms with van der Waals surface area (Å²) in [6.07, 6.45) is -0.0636. The Morgan fingerprint density at radius 2 is 1.67 bits per heavy atom. The number of amides is 3. The number of carbonyl (C=O) groups excluding carboxylic acids is 3. The molecule has 0 bridgehead atoms. The Kier molecular flexibility index (Phi) is 8.17. The lowest BCUT2D eigenvalue weighted by Gasteiger charge is -2.36. The lowest BCUT2D eigenvalue weighted by Crippen LogP contribution is -2.56. The van der Waals surface area contributed by atoms with Crippen LogP contribution in [0.1, 0.15) is 72.1 Å². The molecule has 1 aromatic rings. The van der Waals surface area contributed by atoms with Crippen molar-refractivity contribution in [1.29, 1.82) is 0 Å². The molecule has 33 heavy (non-hydrogen) atoms. The van der Waals surface area contributed by atoms with E-state index in [1.807, 2.05) is 58.9 Å². The van der Waals surface area contributed by atoms with E-state index in [0.717, 1.165) is 12.0 Å². The van der Waals surface area contributed by atoms with Crippen molar-refractivity contribution in [1.82, 2.24) is 15.5 Å². The second-order valence-electron chi connectivity index (χ2n) is 11.0. The second-order valence-corrected chi connectivity index (χ2v) is 11.0. The molecule has 0 radical (unpaired) electrons. The van der Waals surface area contributed by atoms with Gasteiger partial charge in [-0.1, -0.05) is 36.8 Å². The molecule has 0 aromatic heterocycles. The van der Waals surface area contributed by atoms with Crippen LogP contribution in [0.2, 0.25) is 0 Å². The monoisotopic (exact) mass is 461 g/mol. The summed E-state index contributed by atoms with van der Waals surface area (Å²) in [5.74, 6) is -0.634. The molecule has 0 saturated heterocycles. The largest absolute Gasteiger partial charge is 0.444 e. The summed E-state index contributed by atoms with van der Waals surface area (Å²) in [4.78, 5) is 41.0. The number of aryl methyl sites for hydroxylation is 1. The molecule has 0 heterocycles. The number of nitrogens with zero attached hydrogens (tertiary/aromatic N) is 1. The van der Waals surface area contributed by atoms with Crippen LogP contribution in [-0.2, 0) is 14.3 Å². The van der Waals surface area contributed by atoms with Crippen LogP contribution in [-0.4, -0.2) is 57.7 Å². The zero-order valence-electron chi connectivity index (χ0n) is 21.1. The lowest BCUT2D eigenvalue weighted by molar-refractivity contribution is -0.144. The van der Waals surface area contributed by atoms with Gasteiger partial charge in [0.25, 0.3) is 0 Å². The van der Waals surface area contributed by atoms with Crippen LogP contribution in [0.5, 0.6) is 0 Å². The minimum Gasteiger partial charge on any atom is -0.444 e. The van der Waals surface area contributed by atoms with Crippen LogP contribution in [0.15, 0.2) is 24.3 Å². The maximum atomic E-state index is 13.7. The zero-order chi connectivity index (χ0) is 25.1. The summed E-state index contributed by atoms with van der Waals surface area (Å²) in [6.45, 7) is 14.1. The Hall–Kier alpha value is -2.61. The Bertz CT molecular complexity index is 854. The van der Waals surface area contributed by atoms with Crippen LogP contribution >= 0.6 is 0 Å². The third-order valence-corrected chi connectivity index (χ3v) is 5.27. The van der Waals surface area contributed by atoms with Crippen molar-refractivity contribution in [2.75, 3.05) is 6.61 Å². The van der Waals surface area contributed by atoms with Gasteiger partial charge in [-0.15, -0.1) is 0 Å². The van der Waals surface area contributed by atoms with Gasteiger partial charge in [-0.3, -0.25) is 9.59 Å². The molecule has 4 unspecified atom stereocenters. The van der Waals surface area contributed by atoms with E-state index in [1.54, 1.807) is 20.8 Å². The number of hydrogen-bond donors (Lipinski definition) is 3. The third-order valence-electron chi connectivity index (χ3n) is 5.27. The molecule has 0 spiro atoms. The van der Waals surface area contributed by atoms with Crippen LogP contribution in [0.25, 0.3) is 0 Å². The van der Waals surface area contributed by atoms with Crippen molar-refractivity contribution >= 4 is 17.9 Å².